The van der Waals surface area contributed by atoms with Gasteiger partial charge in [0.1, 0.15) is 10.8 Å². The maximum Gasteiger partial charge on any atom is 0.410 e. The first-order valence-corrected chi connectivity index (χ1v) is 8.64. The minimum absolute atomic E-state index is 0.203. The van der Waals surface area contributed by atoms with Crippen LogP contribution in [0, 0.1) is 6.92 Å². The molecule has 22 heavy (non-hydrogen) atoms. The summed E-state index contributed by atoms with van der Waals surface area (Å²) in [7, 11) is -1.39. The highest BCUT2D eigenvalue weighted by atomic mass is 35.5. The van der Waals surface area contributed by atoms with Crippen molar-refractivity contribution >= 4 is 28.5 Å². The standard InChI is InChI=1S/C14H20ClN3O3S/c1-9-7-16-12(17-11(9)15)22(20)10-5-6-18(8-10)13(19)21-14(2,3)4/h7,10H,5-6,8H2,1-4H3/t10-,22+/m1/s1. The predicted molar refractivity (Wildman–Crippen MR) is 84.4 cm³/mol. The molecule has 0 radical (unpaired) electrons. The first kappa shape index (κ1) is 17.1. The molecule has 1 aromatic rings. The van der Waals surface area contributed by atoms with Gasteiger partial charge in [-0.15, -0.1) is 0 Å². The predicted octanol–water partition coefficient (Wildman–Crippen LogP) is 2.56. The van der Waals surface area contributed by atoms with Crippen molar-refractivity contribution in [1.29, 1.82) is 0 Å². The topological polar surface area (TPSA) is 72.4 Å². The van der Waals surface area contributed by atoms with Crippen molar-refractivity contribution in [2.45, 2.75) is 50.1 Å². The zero-order chi connectivity index (χ0) is 16.5. The number of ether oxygens (including phenoxy) is 1. The largest absolute Gasteiger partial charge is 0.444 e. The number of carbonyl (C=O) groups is 1. The van der Waals surface area contributed by atoms with E-state index in [4.69, 9.17) is 16.3 Å². The summed E-state index contributed by atoms with van der Waals surface area (Å²) in [5.41, 5.74) is 0.200. The van der Waals surface area contributed by atoms with E-state index in [9.17, 15) is 9.00 Å². The zero-order valence-corrected chi connectivity index (χ0v) is 14.7. The molecular weight excluding hydrogens is 326 g/mol. The van der Waals surface area contributed by atoms with E-state index in [1.165, 1.54) is 0 Å². The van der Waals surface area contributed by atoms with Crippen LogP contribution >= 0.6 is 11.6 Å². The van der Waals surface area contributed by atoms with Crippen LogP contribution < -0.4 is 0 Å². The summed E-state index contributed by atoms with van der Waals surface area (Å²) in [6.07, 6.45) is 1.80. The van der Waals surface area contributed by atoms with Gasteiger partial charge in [-0.1, -0.05) is 11.6 Å². The third-order valence-corrected chi connectivity index (χ3v) is 5.10. The van der Waals surface area contributed by atoms with Crippen LogP contribution in [0.2, 0.25) is 5.15 Å². The summed E-state index contributed by atoms with van der Waals surface area (Å²) in [4.78, 5) is 21.7. The van der Waals surface area contributed by atoms with E-state index in [0.29, 0.717) is 24.7 Å². The first-order valence-electron chi connectivity index (χ1n) is 7.05. The summed E-state index contributed by atoms with van der Waals surface area (Å²) in [6.45, 7) is 8.13. The normalized spacial score (nSPS) is 20.0. The molecule has 6 nitrogen and oxygen atoms in total. The van der Waals surface area contributed by atoms with Crippen molar-refractivity contribution in [3.63, 3.8) is 0 Å². The van der Waals surface area contributed by atoms with E-state index in [0.717, 1.165) is 5.56 Å². The van der Waals surface area contributed by atoms with Crippen molar-refractivity contribution in [3.8, 4) is 0 Å². The van der Waals surface area contributed by atoms with Crippen molar-refractivity contribution in [3.05, 3.63) is 16.9 Å². The number of aromatic nitrogens is 2. The second kappa shape index (κ2) is 6.50. The molecule has 0 aliphatic carbocycles. The van der Waals surface area contributed by atoms with Crippen LogP contribution in [0.25, 0.3) is 0 Å². The number of halogens is 1. The SMILES string of the molecule is Cc1cnc([S@@](=O)[C@@H]2CCN(C(=O)OC(C)(C)C)C2)nc1Cl. The van der Waals surface area contributed by atoms with Gasteiger partial charge in [-0.05, 0) is 34.1 Å². The summed E-state index contributed by atoms with van der Waals surface area (Å²) in [6, 6.07) is 0. The van der Waals surface area contributed by atoms with Gasteiger partial charge in [0.15, 0.2) is 0 Å². The van der Waals surface area contributed by atoms with Gasteiger partial charge >= 0.3 is 6.09 Å². The van der Waals surface area contributed by atoms with Gasteiger partial charge in [0, 0.05) is 24.8 Å². The molecule has 122 valence electrons. The molecule has 1 aromatic heterocycles. The zero-order valence-electron chi connectivity index (χ0n) is 13.1. The number of amides is 1. The fraction of sp³-hybridized carbons (Fsp3) is 0.643. The molecular formula is C14H20ClN3O3S. The lowest BCUT2D eigenvalue weighted by Crippen LogP contribution is -2.36. The quantitative estimate of drug-likeness (QED) is 0.608. The maximum atomic E-state index is 12.5. The molecule has 1 fully saturated rings. The van der Waals surface area contributed by atoms with Gasteiger partial charge in [0.2, 0.25) is 5.16 Å². The Morgan fingerprint density at radius 1 is 1.50 bits per heavy atom. The Kier molecular flexibility index (Phi) is 5.07. The van der Waals surface area contributed by atoms with Gasteiger partial charge in [-0.3, -0.25) is 4.21 Å². The summed E-state index contributed by atoms with van der Waals surface area (Å²) < 4.78 is 17.8. The van der Waals surface area contributed by atoms with E-state index < -0.39 is 16.4 Å². The Bertz CT molecular complexity index is 603. The van der Waals surface area contributed by atoms with Gasteiger partial charge in [0.25, 0.3) is 0 Å². The van der Waals surface area contributed by atoms with Gasteiger partial charge < -0.3 is 9.64 Å². The molecule has 8 heteroatoms. The van der Waals surface area contributed by atoms with Gasteiger partial charge in [-0.2, -0.15) is 0 Å². The van der Waals surface area contributed by atoms with Crippen molar-refractivity contribution in [2.75, 3.05) is 13.1 Å². The first-order chi connectivity index (χ1) is 10.2. The third-order valence-electron chi connectivity index (χ3n) is 3.17. The fourth-order valence-electron chi connectivity index (χ4n) is 2.05. The van der Waals surface area contributed by atoms with Crippen molar-refractivity contribution < 1.29 is 13.7 Å². The molecule has 2 rings (SSSR count). The number of nitrogens with zero attached hydrogens (tertiary/aromatic N) is 3. The van der Waals surface area contributed by atoms with E-state index in [1.807, 2.05) is 20.8 Å². The Morgan fingerprint density at radius 3 is 2.77 bits per heavy atom. The number of rotatable bonds is 2. The van der Waals surface area contributed by atoms with Crippen LogP contribution in [0.1, 0.15) is 32.8 Å². The average Bonchev–Trinajstić information content (AvgIpc) is 2.89. The van der Waals surface area contributed by atoms with Crippen LogP contribution in [0.4, 0.5) is 4.79 Å². The molecule has 2 atom stereocenters. The van der Waals surface area contributed by atoms with E-state index in [-0.39, 0.29) is 16.5 Å². The smallest absolute Gasteiger partial charge is 0.410 e. The number of carbonyl (C=O) groups excluding carboxylic acids is 1. The fourth-order valence-corrected chi connectivity index (χ4v) is 3.50. The Balaban J connectivity index is 2.02. The number of likely N-dealkylation sites (tertiary alicyclic amines) is 1. The average molecular weight is 346 g/mol. The summed E-state index contributed by atoms with van der Waals surface area (Å²) in [5.74, 6) is 0. The van der Waals surface area contributed by atoms with Crippen molar-refractivity contribution in [2.24, 2.45) is 0 Å². The van der Waals surface area contributed by atoms with Crippen LogP contribution in [0.5, 0.6) is 0 Å². The molecule has 0 aromatic carbocycles. The lowest BCUT2D eigenvalue weighted by atomic mass is 10.2. The van der Waals surface area contributed by atoms with Crippen LogP contribution in [-0.4, -0.2) is 49.1 Å². The van der Waals surface area contributed by atoms with Crippen LogP contribution in [0.3, 0.4) is 0 Å². The van der Waals surface area contributed by atoms with Crippen LogP contribution in [0.15, 0.2) is 11.4 Å². The number of hydrogen-bond donors (Lipinski definition) is 0. The highest BCUT2D eigenvalue weighted by Gasteiger charge is 2.34. The monoisotopic (exact) mass is 345 g/mol. The Morgan fingerprint density at radius 2 is 2.18 bits per heavy atom. The molecule has 0 unspecified atom stereocenters. The van der Waals surface area contributed by atoms with E-state index in [1.54, 1.807) is 18.0 Å². The second-order valence-corrected chi connectivity index (χ2v) is 8.25. The minimum atomic E-state index is -1.39. The summed E-state index contributed by atoms with van der Waals surface area (Å²) in [5, 5.41) is 0.318. The molecule has 0 N–H and O–H groups in total. The highest BCUT2D eigenvalue weighted by Crippen LogP contribution is 2.22. The summed E-state index contributed by atoms with van der Waals surface area (Å²) >= 11 is 5.95. The second-order valence-electron chi connectivity index (χ2n) is 6.26. The Labute approximate surface area is 137 Å². The lowest BCUT2D eigenvalue weighted by molar-refractivity contribution is 0.0295. The highest BCUT2D eigenvalue weighted by molar-refractivity contribution is 7.85. The Hall–Kier alpha value is -1.21. The maximum absolute atomic E-state index is 12.5. The molecule has 1 aliphatic heterocycles. The van der Waals surface area contributed by atoms with E-state index in [2.05, 4.69) is 9.97 Å². The number of aryl methyl sites for hydroxylation is 1. The van der Waals surface area contributed by atoms with Gasteiger partial charge in [0.05, 0.1) is 16.0 Å². The van der Waals surface area contributed by atoms with E-state index >= 15 is 0 Å². The number of hydrogen-bond acceptors (Lipinski definition) is 5. The van der Waals surface area contributed by atoms with Crippen molar-refractivity contribution in [1.82, 2.24) is 14.9 Å². The van der Waals surface area contributed by atoms with Crippen LogP contribution in [-0.2, 0) is 15.5 Å². The molecule has 0 spiro atoms. The molecule has 0 saturated carbocycles. The molecule has 1 saturated heterocycles. The molecule has 1 aliphatic rings. The third kappa shape index (κ3) is 4.16. The minimum Gasteiger partial charge on any atom is -0.444 e. The molecule has 0 bridgehead atoms. The lowest BCUT2D eigenvalue weighted by Gasteiger charge is -2.24. The molecule has 2 heterocycles. The molecule has 1 amide bonds. The van der Waals surface area contributed by atoms with Gasteiger partial charge in [-0.25, -0.2) is 14.8 Å².